The van der Waals surface area contributed by atoms with Gasteiger partial charge in [-0.25, -0.2) is 0 Å². The second-order valence-electron chi connectivity index (χ2n) is 9.66. The summed E-state index contributed by atoms with van der Waals surface area (Å²) in [7, 11) is 1.66. The van der Waals surface area contributed by atoms with Crippen molar-refractivity contribution in [1.29, 1.82) is 0 Å². The Balaban J connectivity index is 1.40. The fourth-order valence-electron chi connectivity index (χ4n) is 3.99. The highest BCUT2D eigenvalue weighted by atomic mass is 16.7. The molecule has 0 bridgehead atoms. The Labute approximate surface area is 201 Å². The highest BCUT2D eigenvalue weighted by Crippen LogP contribution is 2.33. The van der Waals surface area contributed by atoms with Gasteiger partial charge in [0, 0.05) is 31.6 Å². The van der Waals surface area contributed by atoms with Gasteiger partial charge in [-0.3, -0.25) is 4.90 Å². The van der Waals surface area contributed by atoms with E-state index in [0.29, 0.717) is 26.1 Å². The summed E-state index contributed by atoms with van der Waals surface area (Å²) >= 11 is 0. The Morgan fingerprint density at radius 3 is 2.76 bits per heavy atom. The molecule has 2 atom stereocenters. The van der Waals surface area contributed by atoms with Crippen molar-refractivity contribution in [2.75, 3.05) is 33.6 Å². The fraction of sp³-hybridized carbons (Fsp3) is 0.500. The lowest BCUT2D eigenvalue weighted by atomic mass is 10.0. The number of fused-ring (bicyclic) bond motifs is 1. The van der Waals surface area contributed by atoms with E-state index in [1.54, 1.807) is 7.11 Å². The number of nitrogens with zero attached hydrogens (tertiary/aromatic N) is 2. The molecule has 0 fully saturated rings. The van der Waals surface area contributed by atoms with Crippen LogP contribution in [0.25, 0.3) is 0 Å². The molecule has 1 N–H and O–H groups in total. The molecule has 8 nitrogen and oxygen atoms in total. The number of oxime groups is 1. The van der Waals surface area contributed by atoms with Gasteiger partial charge in [0.1, 0.15) is 11.9 Å². The van der Waals surface area contributed by atoms with Gasteiger partial charge in [-0.05, 0) is 56.7 Å². The maximum atomic E-state index is 10.7. The number of hydrogen-bond donors (Lipinski definition) is 1. The van der Waals surface area contributed by atoms with Crippen molar-refractivity contribution in [2.24, 2.45) is 5.16 Å². The van der Waals surface area contributed by atoms with Gasteiger partial charge in [-0.1, -0.05) is 17.3 Å². The number of aliphatic hydroxyl groups excluding tert-OH is 1. The molecule has 2 heterocycles. The molecule has 184 valence electrons. The molecule has 0 amide bonds. The number of hydrogen-bond acceptors (Lipinski definition) is 8. The molecule has 2 aliphatic heterocycles. The van der Waals surface area contributed by atoms with Crippen molar-refractivity contribution in [3.05, 3.63) is 53.6 Å². The van der Waals surface area contributed by atoms with Crippen LogP contribution in [-0.2, 0) is 16.1 Å². The average molecular weight is 471 g/mol. The van der Waals surface area contributed by atoms with Gasteiger partial charge in [0.2, 0.25) is 6.79 Å². The molecule has 0 aromatic heterocycles. The predicted octanol–water partition coefficient (Wildman–Crippen LogP) is 3.60. The smallest absolute Gasteiger partial charge is 0.231 e. The highest BCUT2D eigenvalue weighted by Gasteiger charge is 2.27. The Kier molecular flexibility index (Phi) is 7.60. The highest BCUT2D eigenvalue weighted by molar-refractivity contribution is 6.01. The van der Waals surface area contributed by atoms with Crippen LogP contribution in [0.4, 0.5) is 0 Å². The van der Waals surface area contributed by atoms with Crippen LogP contribution >= 0.6 is 0 Å². The van der Waals surface area contributed by atoms with Gasteiger partial charge in [0.25, 0.3) is 0 Å². The number of benzene rings is 2. The van der Waals surface area contributed by atoms with E-state index in [9.17, 15) is 5.11 Å². The van der Waals surface area contributed by atoms with Crippen molar-refractivity contribution in [3.63, 3.8) is 0 Å². The standard InChI is InChI=1S/C26H34N2O6/c1-26(2,3)33-16-20(29)14-28(13-18-6-5-7-21(10-18)30-4)15-22-12-23(27-34-22)19-8-9-24-25(11-19)32-17-31-24/h5-11,20,22,29H,12-17H2,1-4H3/t20-,22-/m0/s1. The van der Waals surface area contributed by atoms with Crippen LogP contribution in [0.15, 0.2) is 47.6 Å². The Bertz CT molecular complexity index is 1000. The minimum absolute atomic E-state index is 0.123. The Morgan fingerprint density at radius 1 is 1.15 bits per heavy atom. The lowest BCUT2D eigenvalue weighted by Gasteiger charge is -2.28. The minimum Gasteiger partial charge on any atom is -0.497 e. The quantitative estimate of drug-likeness (QED) is 0.568. The molecule has 0 spiro atoms. The molecule has 34 heavy (non-hydrogen) atoms. The number of rotatable bonds is 10. The molecule has 0 aliphatic carbocycles. The van der Waals surface area contributed by atoms with Crippen LogP contribution in [0.5, 0.6) is 17.2 Å². The van der Waals surface area contributed by atoms with E-state index in [4.69, 9.17) is 23.8 Å². The van der Waals surface area contributed by atoms with E-state index in [1.165, 1.54) is 0 Å². The lowest BCUT2D eigenvalue weighted by molar-refractivity contribution is -0.0600. The van der Waals surface area contributed by atoms with E-state index in [2.05, 4.69) is 16.1 Å². The van der Waals surface area contributed by atoms with Gasteiger partial charge in [0.05, 0.1) is 31.1 Å². The lowest BCUT2D eigenvalue weighted by Crippen LogP contribution is -2.40. The van der Waals surface area contributed by atoms with Gasteiger partial charge in [-0.15, -0.1) is 0 Å². The first kappa shape index (κ1) is 24.3. The minimum atomic E-state index is -0.625. The summed E-state index contributed by atoms with van der Waals surface area (Å²) in [4.78, 5) is 7.96. The first-order chi connectivity index (χ1) is 16.3. The second kappa shape index (κ2) is 10.6. The molecular formula is C26H34N2O6. The summed E-state index contributed by atoms with van der Waals surface area (Å²) in [6, 6.07) is 13.8. The molecule has 0 saturated carbocycles. The van der Waals surface area contributed by atoms with E-state index in [-0.39, 0.29) is 25.1 Å². The predicted molar refractivity (Wildman–Crippen MR) is 129 cm³/mol. The monoisotopic (exact) mass is 470 g/mol. The summed E-state index contributed by atoms with van der Waals surface area (Å²) < 4.78 is 22.0. The molecular weight excluding hydrogens is 436 g/mol. The summed E-state index contributed by atoms with van der Waals surface area (Å²) in [5.41, 5.74) is 2.63. The number of aliphatic hydroxyl groups is 1. The molecule has 4 rings (SSSR count). The van der Waals surface area contributed by atoms with Crippen LogP contribution in [0.2, 0.25) is 0 Å². The van der Waals surface area contributed by atoms with Crippen LogP contribution in [-0.4, -0.2) is 67.1 Å². The molecule has 2 aromatic rings. The van der Waals surface area contributed by atoms with E-state index >= 15 is 0 Å². The third-order valence-corrected chi connectivity index (χ3v) is 5.62. The summed E-state index contributed by atoms with van der Waals surface area (Å²) in [5.74, 6) is 2.28. The maximum Gasteiger partial charge on any atom is 0.231 e. The van der Waals surface area contributed by atoms with Crippen LogP contribution in [0.1, 0.15) is 38.3 Å². The molecule has 0 saturated heterocycles. The van der Waals surface area contributed by atoms with Crippen molar-refractivity contribution in [3.8, 4) is 17.2 Å². The molecule has 2 aromatic carbocycles. The largest absolute Gasteiger partial charge is 0.497 e. The van der Waals surface area contributed by atoms with Gasteiger partial charge in [0.15, 0.2) is 11.5 Å². The number of methoxy groups -OCH3 is 1. The zero-order valence-corrected chi connectivity index (χ0v) is 20.3. The van der Waals surface area contributed by atoms with Gasteiger partial charge >= 0.3 is 0 Å². The molecule has 2 aliphatic rings. The second-order valence-corrected chi connectivity index (χ2v) is 9.66. The van der Waals surface area contributed by atoms with E-state index in [0.717, 1.165) is 34.1 Å². The topological polar surface area (TPSA) is 82.0 Å². The van der Waals surface area contributed by atoms with Crippen LogP contribution < -0.4 is 14.2 Å². The van der Waals surface area contributed by atoms with Crippen molar-refractivity contribution in [2.45, 2.75) is 51.5 Å². The normalized spacial score (nSPS) is 18.1. The zero-order valence-electron chi connectivity index (χ0n) is 20.3. The Hall–Kier alpha value is -2.81. The zero-order chi connectivity index (χ0) is 24.1. The van der Waals surface area contributed by atoms with E-state index in [1.807, 2.05) is 57.2 Å². The number of ether oxygens (including phenoxy) is 4. The summed E-state index contributed by atoms with van der Waals surface area (Å²) in [5, 5.41) is 15.0. The first-order valence-electron chi connectivity index (χ1n) is 11.6. The van der Waals surface area contributed by atoms with Crippen LogP contribution in [0.3, 0.4) is 0 Å². The third kappa shape index (κ3) is 6.62. The van der Waals surface area contributed by atoms with Gasteiger partial charge in [-0.2, -0.15) is 0 Å². The SMILES string of the molecule is COc1cccc(CN(C[C@H](O)COC(C)(C)C)C[C@@H]2CC(c3ccc4c(c3)OCO4)=NO2)c1. The molecule has 0 radical (unpaired) electrons. The Morgan fingerprint density at radius 2 is 1.97 bits per heavy atom. The van der Waals surface area contributed by atoms with Crippen molar-refractivity contribution < 1.29 is 28.9 Å². The third-order valence-electron chi connectivity index (χ3n) is 5.62. The summed E-state index contributed by atoms with van der Waals surface area (Å²) in [6.07, 6.45) is -0.0784. The van der Waals surface area contributed by atoms with E-state index < -0.39 is 6.10 Å². The first-order valence-corrected chi connectivity index (χ1v) is 11.6. The van der Waals surface area contributed by atoms with Crippen molar-refractivity contribution in [1.82, 2.24) is 4.90 Å². The van der Waals surface area contributed by atoms with Gasteiger partial charge < -0.3 is 28.9 Å². The van der Waals surface area contributed by atoms with Crippen LogP contribution in [0, 0.1) is 0 Å². The molecule has 0 unspecified atom stereocenters. The summed E-state index contributed by atoms with van der Waals surface area (Å²) in [6.45, 7) is 8.16. The average Bonchev–Trinajstić information content (AvgIpc) is 3.46. The maximum absolute atomic E-state index is 10.7. The molecule has 8 heteroatoms. The van der Waals surface area contributed by atoms with Crippen molar-refractivity contribution >= 4 is 5.71 Å². The fourth-order valence-corrected chi connectivity index (χ4v) is 3.99.